The van der Waals surface area contributed by atoms with Crippen LogP contribution in [0.15, 0.2) is 18.2 Å². The molecule has 1 amide bonds. The maximum absolute atomic E-state index is 12.1. The zero-order valence-corrected chi connectivity index (χ0v) is 12.0. The van der Waals surface area contributed by atoms with Crippen LogP contribution in [0.4, 0.5) is 5.69 Å². The molecule has 0 aliphatic heterocycles. The van der Waals surface area contributed by atoms with Crippen molar-refractivity contribution in [2.45, 2.75) is 39.2 Å². The largest absolute Gasteiger partial charge is 0.388 e. The van der Waals surface area contributed by atoms with Gasteiger partial charge in [0.2, 0.25) is 0 Å². The Morgan fingerprint density at radius 1 is 1.40 bits per heavy atom. The number of hydrogen-bond donors (Lipinski definition) is 2. The third kappa shape index (κ3) is 3.77. The number of aryl methyl sites for hydroxylation is 1. The van der Waals surface area contributed by atoms with Crippen molar-refractivity contribution in [3.05, 3.63) is 39.4 Å². The highest BCUT2D eigenvalue weighted by molar-refractivity contribution is 5.96. The lowest BCUT2D eigenvalue weighted by atomic mass is 9.97. The molecule has 20 heavy (non-hydrogen) atoms. The van der Waals surface area contributed by atoms with Crippen LogP contribution in [0.1, 0.15) is 42.6 Å². The van der Waals surface area contributed by atoms with E-state index in [-0.39, 0.29) is 17.8 Å². The molecule has 0 aliphatic carbocycles. The highest BCUT2D eigenvalue weighted by atomic mass is 16.6. The van der Waals surface area contributed by atoms with E-state index in [1.807, 2.05) is 13.8 Å². The minimum absolute atomic E-state index is 0.123. The first-order chi connectivity index (χ1) is 9.33. The van der Waals surface area contributed by atoms with Gasteiger partial charge >= 0.3 is 0 Å². The molecule has 6 nitrogen and oxygen atoms in total. The molecule has 1 aromatic rings. The van der Waals surface area contributed by atoms with Crippen LogP contribution in [0.3, 0.4) is 0 Å². The molecule has 1 aromatic carbocycles. The van der Waals surface area contributed by atoms with Crippen molar-refractivity contribution in [3.63, 3.8) is 0 Å². The summed E-state index contributed by atoms with van der Waals surface area (Å²) in [6.07, 6.45) is 1.05. The summed E-state index contributed by atoms with van der Waals surface area (Å²) in [5.74, 6) is -0.411. The molecule has 6 heteroatoms. The van der Waals surface area contributed by atoms with Gasteiger partial charge in [0.25, 0.3) is 11.6 Å². The van der Waals surface area contributed by atoms with Gasteiger partial charge in [-0.25, -0.2) is 0 Å². The zero-order chi connectivity index (χ0) is 15.3. The fourth-order valence-corrected chi connectivity index (χ4v) is 1.81. The quantitative estimate of drug-likeness (QED) is 0.617. The number of aliphatic hydroxyl groups is 1. The van der Waals surface area contributed by atoms with Crippen LogP contribution < -0.4 is 5.32 Å². The van der Waals surface area contributed by atoms with Crippen LogP contribution in [-0.2, 0) is 0 Å². The third-order valence-electron chi connectivity index (χ3n) is 3.57. The molecule has 0 aliphatic rings. The molecule has 0 fully saturated rings. The lowest BCUT2D eigenvalue weighted by Gasteiger charge is -2.25. The maximum atomic E-state index is 12.1. The predicted molar refractivity (Wildman–Crippen MR) is 75.7 cm³/mol. The number of nitro groups is 1. The van der Waals surface area contributed by atoms with E-state index in [0.29, 0.717) is 18.4 Å². The number of nitrogens with one attached hydrogen (secondary N) is 1. The van der Waals surface area contributed by atoms with Crippen molar-refractivity contribution < 1.29 is 14.8 Å². The third-order valence-corrected chi connectivity index (χ3v) is 3.57. The Morgan fingerprint density at radius 2 is 2.00 bits per heavy atom. The summed E-state index contributed by atoms with van der Waals surface area (Å²) >= 11 is 0. The van der Waals surface area contributed by atoms with Crippen LogP contribution >= 0.6 is 0 Å². The van der Waals surface area contributed by atoms with Crippen molar-refractivity contribution in [2.24, 2.45) is 0 Å². The first-order valence-electron chi connectivity index (χ1n) is 6.58. The molecule has 0 bridgehead atoms. The Hall–Kier alpha value is -1.95. The SMILES string of the molecule is CCC(O)(CC)CNC(=O)c1cc([N+](=O)[O-])ccc1C. The van der Waals surface area contributed by atoms with Crippen molar-refractivity contribution in [3.8, 4) is 0 Å². The minimum Gasteiger partial charge on any atom is -0.388 e. The Labute approximate surface area is 118 Å². The van der Waals surface area contributed by atoms with E-state index in [1.54, 1.807) is 13.0 Å². The molecule has 0 heterocycles. The number of carbonyl (C=O) groups excluding carboxylic acids is 1. The lowest BCUT2D eigenvalue weighted by Crippen LogP contribution is -2.42. The Bertz CT molecular complexity index is 510. The molecule has 110 valence electrons. The number of non-ortho nitro benzene ring substituents is 1. The second-order valence-electron chi connectivity index (χ2n) is 4.87. The average molecular weight is 280 g/mol. The van der Waals surface area contributed by atoms with Crippen molar-refractivity contribution >= 4 is 11.6 Å². The van der Waals surface area contributed by atoms with Crippen LogP contribution in [0.2, 0.25) is 0 Å². The van der Waals surface area contributed by atoms with Crippen molar-refractivity contribution in [1.82, 2.24) is 5.32 Å². The van der Waals surface area contributed by atoms with Gasteiger partial charge in [0.05, 0.1) is 10.5 Å². The molecule has 0 spiro atoms. The van der Waals surface area contributed by atoms with Crippen LogP contribution in [0.5, 0.6) is 0 Å². The summed E-state index contributed by atoms with van der Waals surface area (Å²) in [5, 5.41) is 23.5. The van der Waals surface area contributed by atoms with Gasteiger partial charge in [-0.1, -0.05) is 19.9 Å². The van der Waals surface area contributed by atoms with Crippen LogP contribution in [0, 0.1) is 17.0 Å². The van der Waals surface area contributed by atoms with Crippen molar-refractivity contribution in [2.75, 3.05) is 6.54 Å². The Kier molecular flexibility index (Phi) is 5.21. The summed E-state index contributed by atoms with van der Waals surface area (Å²) in [6.45, 7) is 5.52. The smallest absolute Gasteiger partial charge is 0.270 e. The molecule has 0 atom stereocenters. The summed E-state index contributed by atoms with van der Waals surface area (Å²) in [6, 6.07) is 4.15. The second kappa shape index (κ2) is 6.47. The first kappa shape index (κ1) is 16.1. The number of carbonyl (C=O) groups is 1. The van der Waals surface area contributed by atoms with Gasteiger partial charge < -0.3 is 10.4 Å². The monoisotopic (exact) mass is 280 g/mol. The summed E-state index contributed by atoms with van der Waals surface area (Å²) in [5.41, 5.74) is -0.148. The first-order valence-corrected chi connectivity index (χ1v) is 6.58. The summed E-state index contributed by atoms with van der Waals surface area (Å²) in [7, 11) is 0. The molecular formula is C14H20N2O4. The fraction of sp³-hybridized carbons (Fsp3) is 0.500. The highest BCUT2D eigenvalue weighted by Gasteiger charge is 2.23. The topological polar surface area (TPSA) is 92.5 Å². The highest BCUT2D eigenvalue weighted by Crippen LogP contribution is 2.18. The molecule has 0 saturated heterocycles. The van der Waals surface area contributed by atoms with Gasteiger partial charge in [-0.3, -0.25) is 14.9 Å². The number of benzene rings is 1. The number of hydrogen-bond acceptors (Lipinski definition) is 4. The molecule has 0 saturated carbocycles. The zero-order valence-electron chi connectivity index (χ0n) is 12.0. The van der Waals surface area contributed by atoms with Gasteiger partial charge in [0.1, 0.15) is 0 Å². The van der Waals surface area contributed by atoms with Gasteiger partial charge in [0, 0.05) is 24.2 Å². The molecule has 1 rings (SSSR count). The van der Waals surface area contributed by atoms with E-state index in [0.717, 1.165) is 0 Å². The predicted octanol–water partition coefficient (Wildman–Crippen LogP) is 2.18. The average Bonchev–Trinajstić information content (AvgIpc) is 2.44. The normalized spacial score (nSPS) is 11.2. The van der Waals surface area contributed by atoms with Gasteiger partial charge in [0.15, 0.2) is 0 Å². The van der Waals surface area contributed by atoms with Gasteiger partial charge in [-0.15, -0.1) is 0 Å². The fourth-order valence-electron chi connectivity index (χ4n) is 1.81. The molecule has 0 aromatic heterocycles. The lowest BCUT2D eigenvalue weighted by molar-refractivity contribution is -0.384. The van der Waals surface area contributed by atoms with E-state index in [1.165, 1.54) is 12.1 Å². The summed E-state index contributed by atoms with van der Waals surface area (Å²) < 4.78 is 0. The standard InChI is InChI=1S/C14H20N2O4/c1-4-14(18,5-2)9-15-13(17)12-8-11(16(19)20)7-6-10(12)3/h6-8,18H,4-5,9H2,1-3H3,(H,15,17). The molecule has 0 radical (unpaired) electrons. The number of amides is 1. The van der Waals surface area contributed by atoms with Crippen LogP contribution in [0.25, 0.3) is 0 Å². The van der Waals surface area contributed by atoms with E-state index >= 15 is 0 Å². The Morgan fingerprint density at radius 3 is 2.50 bits per heavy atom. The number of nitro benzene ring substituents is 1. The van der Waals surface area contributed by atoms with E-state index in [2.05, 4.69) is 5.32 Å². The molecular weight excluding hydrogens is 260 g/mol. The number of rotatable bonds is 6. The second-order valence-corrected chi connectivity index (χ2v) is 4.87. The molecule has 2 N–H and O–H groups in total. The Balaban J connectivity index is 2.87. The van der Waals surface area contributed by atoms with E-state index in [4.69, 9.17) is 0 Å². The van der Waals surface area contributed by atoms with Crippen LogP contribution in [-0.4, -0.2) is 28.1 Å². The van der Waals surface area contributed by atoms with Gasteiger partial charge in [-0.05, 0) is 25.3 Å². The number of nitrogens with zero attached hydrogens (tertiary/aromatic N) is 1. The van der Waals surface area contributed by atoms with E-state index in [9.17, 15) is 20.0 Å². The van der Waals surface area contributed by atoms with Gasteiger partial charge in [-0.2, -0.15) is 0 Å². The summed E-state index contributed by atoms with van der Waals surface area (Å²) in [4.78, 5) is 22.3. The molecule has 0 unspecified atom stereocenters. The van der Waals surface area contributed by atoms with E-state index < -0.39 is 16.4 Å². The maximum Gasteiger partial charge on any atom is 0.270 e. The minimum atomic E-state index is -0.940. The van der Waals surface area contributed by atoms with Crippen molar-refractivity contribution in [1.29, 1.82) is 0 Å².